The predicted molar refractivity (Wildman–Crippen MR) is 114 cm³/mol. The van der Waals surface area contributed by atoms with Gasteiger partial charge in [-0.25, -0.2) is 0 Å². The second kappa shape index (κ2) is 10.1. The fourth-order valence-corrected chi connectivity index (χ4v) is 3.96. The van der Waals surface area contributed by atoms with Crippen LogP contribution in [0.1, 0.15) is 25.2 Å². The first kappa shape index (κ1) is 20.1. The third kappa shape index (κ3) is 5.01. The monoisotopic (exact) mass is 394 g/mol. The number of thioether (sulfide) groups is 1. The lowest BCUT2D eigenvalue weighted by atomic mass is 10.1. The van der Waals surface area contributed by atoms with Gasteiger partial charge in [0.1, 0.15) is 5.82 Å². The lowest BCUT2D eigenvalue weighted by molar-refractivity contribution is -0.127. The minimum atomic E-state index is 0.128. The molecule has 146 valence electrons. The summed E-state index contributed by atoms with van der Waals surface area (Å²) in [6.45, 7) is 5.45. The summed E-state index contributed by atoms with van der Waals surface area (Å²) in [5.74, 6) is 1.40. The second-order valence-electron chi connectivity index (χ2n) is 6.41. The van der Waals surface area contributed by atoms with Crippen LogP contribution in [-0.4, -0.2) is 44.4 Å². The molecule has 0 atom stereocenters. The Kier molecular flexibility index (Phi) is 7.25. The molecule has 1 amide bonds. The fourth-order valence-electron chi connectivity index (χ4n) is 3.09. The molecule has 5 nitrogen and oxygen atoms in total. The lowest BCUT2D eigenvalue weighted by Crippen LogP contribution is -2.31. The lowest BCUT2D eigenvalue weighted by Gasteiger charge is -2.18. The van der Waals surface area contributed by atoms with E-state index in [-0.39, 0.29) is 5.91 Å². The van der Waals surface area contributed by atoms with Crippen molar-refractivity contribution in [1.29, 1.82) is 0 Å². The van der Waals surface area contributed by atoms with Crippen molar-refractivity contribution in [3.63, 3.8) is 0 Å². The average molecular weight is 395 g/mol. The highest BCUT2D eigenvalue weighted by Crippen LogP contribution is 2.23. The highest BCUT2D eigenvalue weighted by atomic mass is 32.2. The molecule has 0 fully saturated rings. The van der Waals surface area contributed by atoms with E-state index in [1.165, 1.54) is 17.3 Å². The third-order valence-electron chi connectivity index (χ3n) is 4.64. The number of hydrogen-bond donors (Lipinski definition) is 0. The van der Waals surface area contributed by atoms with Gasteiger partial charge in [-0.15, -0.1) is 10.2 Å². The summed E-state index contributed by atoms with van der Waals surface area (Å²) in [4.78, 5) is 14.2. The van der Waals surface area contributed by atoms with Crippen molar-refractivity contribution in [2.75, 3.05) is 18.8 Å². The Morgan fingerprint density at radius 3 is 2.21 bits per heavy atom. The SMILES string of the molecule is CCN(CC)C(=O)CSc1nnc(CCc2ccccc2)n1-c1ccccc1. The maximum atomic E-state index is 12.4. The molecule has 1 aromatic heterocycles. The van der Waals surface area contributed by atoms with Crippen LogP contribution in [0.2, 0.25) is 0 Å². The van der Waals surface area contributed by atoms with Crippen LogP contribution in [0.4, 0.5) is 0 Å². The zero-order chi connectivity index (χ0) is 19.8. The molecule has 2 aromatic carbocycles. The molecular weight excluding hydrogens is 368 g/mol. The maximum Gasteiger partial charge on any atom is 0.233 e. The Labute approximate surface area is 170 Å². The molecule has 0 bridgehead atoms. The molecule has 0 aliphatic rings. The van der Waals surface area contributed by atoms with Crippen molar-refractivity contribution in [2.45, 2.75) is 31.8 Å². The van der Waals surface area contributed by atoms with Gasteiger partial charge < -0.3 is 4.90 Å². The first-order chi connectivity index (χ1) is 13.7. The number of nitrogens with zero attached hydrogens (tertiary/aromatic N) is 4. The van der Waals surface area contributed by atoms with E-state index in [1.807, 2.05) is 55.1 Å². The van der Waals surface area contributed by atoms with Gasteiger partial charge in [0.05, 0.1) is 5.75 Å². The Morgan fingerprint density at radius 1 is 0.929 bits per heavy atom. The normalized spacial score (nSPS) is 10.8. The number of carbonyl (C=O) groups is 1. The highest BCUT2D eigenvalue weighted by molar-refractivity contribution is 7.99. The Hall–Kier alpha value is -2.60. The van der Waals surface area contributed by atoms with Gasteiger partial charge >= 0.3 is 0 Å². The molecule has 3 rings (SSSR count). The number of benzene rings is 2. The summed E-state index contributed by atoms with van der Waals surface area (Å²) in [6, 6.07) is 20.5. The standard InChI is InChI=1S/C22H26N4OS/c1-3-25(4-2)21(27)17-28-22-24-23-20(16-15-18-11-7-5-8-12-18)26(22)19-13-9-6-10-14-19/h5-14H,3-4,15-17H2,1-2H3. The largest absolute Gasteiger partial charge is 0.343 e. The van der Waals surface area contributed by atoms with E-state index in [1.54, 1.807) is 0 Å². The van der Waals surface area contributed by atoms with Crippen LogP contribution in [-0.2, 0) is 17.6 Å². The molecule has 1 heterocycles. The van der Waals surface area contributed by atoms with E-state index in [2.05, 4.69) is 39.0 Å². The van der Waals surface area contributed by atoms with Crippen LogP contribution >= 0.6 is 11.8 Å². The van der Waals surface area contributed by atoms with E-state index in [0.717, 1.165) is 42.6 Å². The van der Waals surface area contributed by atoms with Gasteiger partial charge in [0.2, 0.25) is 5.91 Å². The predicted octanol–water partition coefficient (Wildman–Crippen LogP) is 4.01. The molecule has 0 saturated heterocycles. The summed E-state index contributed by atoms with van der Waals surface area (Å²) in [7, 11) is 0. The minimum Gasteiger partial charge on any atom is -0.343 e. The van der Waals surface area contributed by atoms with Crippen molar-refractivity contribution in [2.24, 2.45) is 0 Å². The first-order valence-electron chi connectivity index (χ1n) is 9.67. The number of amides is 1. The highest BCUT2D eigenvalue weighted by Gasteiger charge is 2.17. The van der Waals surface area contributed by atoms with Crippen LogP contribution in [0, 0.1) is 0 Å². The van der Waals surface area contributed by atoms with Crippen molar-refractivity contribution in [1.82, 2.24) is 19.7 Å². The van der Waals surface area contributed by atoms with Crippen LogP contribution in [0.25, 0.3) is 5.69 Å². The maximum absolute atomic E-state index is 12.4. The summed E-state index contributed by atoms with van der Waals surface area (Å²) in [5.41, 5.74) is 2.30. The average Bonchev–Trinajstić information content (AvgIpc) is 3.16. The fraction of sp³-hybridized carbons (Fsp3) is 0.318. The van der Waals surface area contributed by atoms with Gasteiger partial charge in [0, 0.05) is 25.2 Å². The molecule has 0 spiro atoms. The van der Waals surface area contributed by atoms with E-state index >= 15 is 0 Å². The van der Waals surface area contributed by atoms with Crippen LogP contribution in [0.5, 0.6) is 0 Å². The van der Waals surface area contributed by atoms with E-state index in [4.69, 9.17) is 0 Å². The molecule has 0 unspecified atom stereocenters. The molecule has 28 heavy (non-hydrogen) atoms. The van der Waals surface area contributed by atoms with E-state index in [0.29, 0.717) is 5.75 Å². The van der Waals surface area contributed by atoms with E-state index < -0.39 is 0 Å². The van der Waals surface area contributed by atoms with Crippen molar-refractivity contribution in [3.05, 3.63) is 72.1 Å². The van der Waals surface area contributed by atoms with Crippen LogP contribution in [0.3, 0.4) is 0 Å². The second-order valence-corrected chi connectivity index (χ2v) is 7.35. The van der Waals surface area contributed by atoms with Gasteiger partial charge in [-0.2, -0.15) is 0 Å². The molecule has 0 radical (unpaired) electrons. The van der Waals surface area contributed by atoms with Gasteiger partial charge in [-0.1, -0.05) is 60.3 Å². The molecule has 6 heteroatoms. The molecular formula is C22H26N4OS. The van der Waals surface area contributed by atoms with Gasteiger partial charge in [-0.05, 0) is 38.0 Å². The van der Waals surface area contributed by atoms with Crippen molar-refractivity contribution >= 4 is 17.7 Å². The van der Waals surface area contributed by atoms with Crippen molar-refractivity contribution in [3.8, 4) is 5.69 Å². The number of rotatable bonds is 9. The molecule has 0 saturated carbocycles. The van der Waals surface area contributed by atoms with Gasteiger partial charge in [0.15, 0.2) is 5.16 Å². The third-order valence-corrected chi connectivity index (χ3v) is 5.55. The van der Waals surface area contributed by atoms with Crippen LogP contribution < -0.4 is 0 Å². The zero-order valence-corrected chi connectivity index (χ0v) is 17.2. The number of hydrogen-bond acceptors (Lipinski definition) is 4. The van der Waals surface area contributed by atoms with E-state index in [9.17, 15) is 4.79 Å². The molecule has 0 aliphatic heterocycles. The minimum absolute atomic E-state index is 0.128. The smallest absolute Gasteiger partial charge is 0.233 e. The Morgan fingerprint density at radius 2 is 1.57 bits per heavy atom. The number of carbonyl (C=O) groups excluding carboxylic acids is 1. The Balaban J connectivity index is 1.80. The number of aryl methyl sites for hydroxylation is 2. The topological polar surface area (TPSA) is 51.0 Å². The summed E-state index contributed by atoms with van der Waals surface area (Å²) in [6.07, 6.45) is 1.69. The molecule has 0 aliphatic carbocycles. The van der Waals surface area contributed by atoms with Crippen LogP contribution in [0.15, 0.2) is 65.8 Å². The molecule has 0 N–H and O–H groups in total. The Bertz CT molecular complexity index is 876. The first-order valence-corrected chi connectivity index (χ1v) is 10.7. The zero-order valence-electron chi connectivity index (χ0n) is 16.4. The molecule has 3 aromatic rings. The van der Waals surface area contributed by atoms with Gasteiger partial charge in [0.25, 0.3) is 0 Å². The number of para-hydroxylation sites is 1. The summed E-state index contributed by atoms with van der Waals surface area (Å²) >= 11 is 1.45. The van der Waals surface area contributed by atoms with Gasteiger partial charge in [-0.3, -0.25) is 9.36 Å². The summed E-state index contributed by atoms with van der Waals surface area (Å²) in [5, 5.41) is 9.59. The number of aromatic nitrogens is 3. The summed E-state index contributed by atoms with van der Waals surface area (Å²) < 4.78 is 2.07. The van der Waals surface area contributed by atoms with Crippen molar-refractivity contribution < 1.29 is 4.79 Å². The quantitative estimate of drug-likeness (QED) is 0.515.